The minimum absolute atomic E-state index is 0.0408. The molecule has 0 spiro atoms. The Morgan fingerprint density at radius 3 is 2.89 bits per heavy atom. The lowest BCUT2D eigenvalue weighted by Gasteiger charge is -2.31. The normalized spacial score (nSPS) is 18.1. The molecule has 8 nitrogen and oxygen atoms in total. The van der Waals surface area contributed by atoms with Crippen molar-refractivity contribution in [2.45, 2.75) is 36.3 Å². The molecule has 0 saturated carbocycles. The van der Waals surface area contributed by atoms with E-state index in [0.29, 0.717) is 41.4 Å². The molecule has 0 radical (unpaired) electrons. The van der Waals surface area contributed by atoms with Gasteiger partial charge in [-0.05, 0) is 31.2 Å². The van der Waals surface area contributed by atoms with Gasteiger partial charge in [0.2, 0.25) is 5.88 Å². The number of carbonyl (C=O) groups is 1. The van der Waals surface area contributed by atoms with Crippen LogP contribution in [0.15, 0.2) is 50.6 Å². The first-order chi connectivity index (χ1) is 17.5. The fourth-order valence-electron chi connectivity index (χ4n) is 4.26. The molecule has 0 aliphatic carbocycles. The molecule has 0 bridgehead atoms. The first kappa shape index (κ1) is 25.4. The quantitative estimate of drug-likeness (QED) is 0.317. The van der Waals surface area contributed by atoms with Crippen LogP contribution in [0.3, 0.4) is 0 Å². The molecule has 1 aromatic carbocycles. The molecule has 12 heteroatoms. The van der Waals surface area contributed by atoms with E-state index in [1.807, 2.05) is 34.7 Å². The highest BCUT2D eigenvalue weighted by Gasteiger charge is 2.30. The number of amides is 1. The molecular weight excluding hydrogens is 586 g/mol. The third kappa shape index (κ3) is 5.53. The standard InChI is InChI=1S/C24H23BrClN5O3S2/c1-35-24-22(27-7-8-28-24)33-12-20(32)31-9-5-14(6-10-31)23-29-18(13-36-23)17-11-19(34-30-17)21-15(25)3-2-4-16(21)26/h2-4,7-8,13-14,19H,5-6,9-12H2,1H3. The summed E-state index contributed by atoms with van der Waals surface area (Å²) < 4.78 is 6.54. The van der Waals surface area contributed by atoms with Crippen molar-refractivity contribution in [2.75, 3.05) is 26.0 Å². The van der Waals surface area contributed by atoms with Crippen LogP contribution >= 0.6 is 50.6 Å². The van der Waals surface area contributed by atoms with Crippen LogP contribution in [0.2, 0.25) is 5.02 Å². The van der Waals surface area contributed by atoms with E-state index in [-0.39, 0.29) is 18.6 Å². The van der Waals surface area contributed by atoms with Crippen LogP contribution in [0.25, 0.3) is 0 Å². The Balaban J connectivity index is 1.14. The Kier molecular flexibility index (Phi) is 8.09. The minimum atomic E-state index is -0.237. The summed E-state index contributed by atoms with van der Waals surface area (Å²) in [5, 5.41) is 8.74. The van der Waals surface area contributed by atoms with Crippen LogP contribution in [0.1, 0.15) is 47.5 Å². The van der Waals surface area contributed by atoms with Gasteiger partial charge < -0.3 is 14.5 Å². The Morgan fingerprint density at radius 1 is 1.31 bits per heavy atom. The number of halogens is 2. The smallest absolute Gasteiger partial charge is 0.260 e. The topological polar surface area (TPSA) is 89.8 Å². The number of carbonyl (C=O) groups excluding carboxylic acids is 1. The highest BCUT2D eigenvalue weighted by atomic mass is 79.9. The van der Waals surface area contributed by atoms with E-state index >= 15 is 0 Å². The van der Waals surface area contributed by atoms with Crippen molar-refractivity contribution in [1.82, 2.24) is 19.9 Å². The maximum absolute atomic E-state index is 12.7. The Hall–Kier alpha value is -2.21. The number of oxime groups is 1. The van der Waals surface area contributed by atoms with Gasteiger partial charge in [0.25, 0.3) is 5.91 Å². The second-order valence-corrected chi connectivity index (χ2v) is 11.3. The average Bonchev–Trinajstić information content (AvgIpc) is 3.58. The molecule has 1 atom stereocenters. The predicted octanol–water partition coefficient (Wildman–Crippen LogP) is 5.72. The molecule has 2 aliphatic rings. The molecule has 1 amide bonds. The molecule has 1 unspecified atom stereocenters. The van der Waals surface area contributed by atoms with Gasteiger partial charge in [0, 0.05) is 58.3 Å². The zero-order valence-electron chi connectivity index (χ0n) is 19.4. The van der Waals surface area contributed by atoms with E-state index in [4.69, 9.17) is 26.2 Å². The molecular formula is C24H23BrClN5O3S2. The van der Waals surface area contributed by atoms with Crippen molar-refractivity contribution in [3.8, 4) is 5.88 Å². The first-order valence-electron chi connectivity index (χ1n) is 11.4. The number of benzene rings is 1. The number of hydrogen-bond donors (Lipinski definition) is 0. The summed E-state index contributed by atoms with van der Waals surface area (Å²) >= 11 is 13.0. The van der Waals surface area contributed by atoms with Gasteiger partial charge in [-0.1, -0.05) is 38.8 Å². The fourth-order valence-corrected chi connectivity index (χ4v) is 6.74. The maximum atomic E-state index is 12.7. The van der Waals surface area contributed by atoms with Crippen LogP contribution in [-0.2, 0) is 9.63 Å². The van der Waals surface area contributed by atoms with Crippen molar-refractivity contribution in [3.05, 3.63) is 61.7 Å². The lowest BCUT2D eigenvalue weighted by Crippen LogP contribution is -2.40. The summed E-state index contributed by atoms with van der Waals surface area (Å²) in [5.41, 5.74) is 2.58. The molecule has 188 valence electrons. The molecule has 4 heterocycles. The van der Waals surface area contributed by atoms with E-state index in [2.05, 4.69) is 31.1 Å². The van der Waals surface area contributed by atoms with Gasteiger partial charge >= 0.3 is 0 Å². The van der Waals surface area contributed by atoms with Crippen LogP contribution in [0, 0.1) is 0 Å². The third-order valence-corrected chi connectivity index (χ3v) is 8.86. The van der Waals surface area contributed by atoms with Crippen LogP contribution in [0.5, 0.6) is 5.88 Å². The summed E-state index contributed by atoms with van der Waals surface area (Å²) in [4.78, 5) is 33.5. The number of hydrogen-bond acceptors (Lipinski definition) is 9. The fraction of sp³-hybridized carbons (Fsp3) is 0.375. The number of likely N-dealkylation sites (tertiary alicyclic amines) is 1. The monoisotopic (exact) mass is 607 g/mol. The zero-order valence-corrected chi connectivity index (χ0v) is 23.4. The second-order valence-electron chi connectivity index (χ2n) is 8.36. The first-order valence-corrected chi connectivity index (χ1v) is 14.7. The van der Waals surface area contributed by atoms with Gasteiger partial charge in [0.15, 0.2) is 17.7 Å². The van der Waals surface area contributed by atoms with Gasteiger partial charge in [0.05, 0.1) is 10.7 Å². The number of piperidine rings is 1. The number of ether oxygens (including phenoxy) is 1. The van der Waals surface area contributed by atoms with Gasteiger partial charge in [-0.15, -0.1) is 23.1 Å². The van der Waals surface area contributed by atoms with Crippen molar-refractivity contribution >= 4 is 62.2 Å². The van der Waals surface area contributed by atoms with E-state index in [1.165, 1.54) is 11.8 Å². The lowest BCUT2D eigenvalue weighted by molar-refractivity contribution is -0.134. The predicted molar refractivity (Wildman–Crippen MR) is 144 cm³/mol. The van der Waals surface area contributed by atoms with Gasteiger partial charge in [-0.2, -0.15) is 0 Å². The molecule has 5 rings (SSSR count). The van der Waals surface area contributed by atoms with Gasteiger partial charge in [-0.25, -0.2) is 15.0 Å². The molecule has 1 fully saturated rings. The molecule has 0 N–H and O–H groups in total. The molecule has 2 aromatic heterocycles. The molecule has 36 heavy (non-hydrogen) atoms. The van der Waals surface area contributed by atoms with Crippen molar-refractivity contribution in [1.29, 1.82) is 0 Å². The Labute approximate surface area is 230 Å². The summed E-state index contributed by atoms with van der Waals surface area (Å²) in [7, 11) is 0. The van der Waals surface area contributed by atoms with Gasteiger partial charge in [-0.3, -0.25) is 4.79 Å². The summed E-state index contributed by atoms with van der Waals surface area (Å²) in [6.45, 7) is 1.30. The number of nitrogens with zero attached hydrogens (tertiary/aromatic N) is 5. The lowest BCUT2D eigenvalue weighted by atomic mass is 9.97. The van der Waals surface area contributed by atoms with E-state index in [0.717, 1.165) is 39.3 Å². The minimum Gasteiger partial charge on any atom is -0.466 e. The van der Waals surface area contributed by atoms with E-state index in [1.54, 1.807) is 23.7 Å². The Bertz CT molecular complexity index is 1260. The maximum Gasteiger partial charge on any atom is 0.260 e. The molecule has 1 saturated heterocycles. The Morgan fingerprint density at radius 2 is 2.11 bits per heavy atom. The summed E-state index contributed by atoms with van der Waals surface area (Å²) in [6, 6.07) is 5.69. The third-order valence-electron chi connectivity index (χ3n) is 6.16. The van der Waals surface area contributed by atoms with Crippen LogP contribution in [-0.4, -0.2) is 57.4 Å². The second kappa shape index (κ2) is 11.5. The largest absolute Gasteiger partial charge is 0.466 e. The van der Waals surface area contributed by atoms with Crippen LogP contribution < -0.4 is 4.74 Å². The van der Waals surface area contributed by atoms with Crippen molar-refractivity contribution < 1.29 is 14.4 Å². The number of rotatable bonds is 7. The number of thioether (sulfide) groups is 1. The van der Waals surface area contributed by atoms with E-state index in [9.17, 15) is 4.79 Å². The molecule has 3 aromatic rings. The SMILES string of the molecule is CSc1nccnc1OCC(=O)N1CCC(c2nc(C3=NOC(c4c(Cl)cccc4Br)C3)cs2)CC1. The van der Waals surface area contributed by atoms with Crippen molar-refractivity contribution in [2.24, 2.45) is 5.16 Å². The summed E-state index contributed by atoms with van der Waals surface area (Å²) in [6.07, 6.45) is 7.16. The molecule has 2 aliphatic heterocycles. The van der Waals surface area contributed by atoms with Crippen molar-refractivity contribution in [3.63, 3.8) is 0 Å². The summed E-state index contributed by atoms with van der Waals surface area (Å²) in [5.74, 6) is 0.667. The average molecular weight is 609 g/mol. The van der Waals surface area contributed by atoms with Crippen LogP contribution in [0.4, 0.5) is 0 Å². The van der Waals surface area contributed by atoms with E-state index < -0.39 is 0 Å². The highest BCUT2D eigenvalue weighted by molar-refractivity contribution is 9.10. The number of aromatic nitrogens is 3. The van der Waals surface area contributed by atoms with Gasteiger partial charge in [0.1, 0.15) is 5.71 Å². The highest BCUT2D eigenvalue weighted by Crippen LogP contribution is 2.39. The number of thiazole rings is 1. The zero-order chi connectivity index (χ0) is 25.1.